The van der Waals surface area contributed by atoms with E-state index in [0.717, 1.165) is 38.5 Å². The van der Waals surface area contributed by atoms with Gasteiger partial charge in [-0.3, -0.25) is 0 Å². The number of aliphatic hydroxyl groups excluding tert-OH is 2. The minimum Gasteiger partial charge on any atom is -0.393 e. The van der Waals surface area contributed by atoms with Crippen LogP contribution >= 0.6 is 0 Å². The van der Waals surface area contributed by atoms with E-state index in [1.807, 2.05) is 0 Å². The number of fused-ring (bicyclic) bond motifs is 5. The number of rotatable bonds is 0. The molecule has 116 valence electrons. The van der Waals surface area contributed by atoms with Gasteiger partial charge in [0.15, 0.2) is 0 Å². The third-order valence-corrected chi connectivity index (χ3v) is 7.49. The number of aliphatic hydroxyl groups is 2. The molecule has 0 aromatic carbocycles. The molecule has 4 aliphatic rings. The maximum absolute atomic E-state index is 10.4. The summed E-state index contributed by atoms with van der Waals surface area (Å²) in [6.07, 6.45) is 11.8. The Hall–Kier alpha value is -0.600. The van der Waals surface area contributed by atoms with Crippen molar-refractivity contribution in [2.24, 2.45) is 22.7 Å². The van der Waals surface area contributed by atoms with Crippen LogP contribution in [-0.2, 0) is 0 Å². The van der Waals surface area contributed by atoms with Crippen molar-refractivity contribution in [2.75, 3.05) is 0 Å². The molecule has 0 heterocycles. The molecule has 0 amide bonds. The van der Waals surface area contributed by atoms with Crippen molar-refractivity contribution < 1.29 is 10.2 Å². The Morgan fingerprint density at radius 3 is 2.57 bits per heavy atom. The van der Waals surface area contributed by atoms with E-state index in [-0.39, 0.29) is 23.0 Å². The molecule has 3 fully saturated rings. The summed E-state index contributed by atoms with van der Waals surface area (Å²) in [5, 5.41) is 20.4. The molecular weight excluding hydrogens is 260 g/mol. The Labute approximate surface area is 127 Å². The highest BCUT2D eigenvalue weighted by Crippen LogP contribution is 2.63. The highest BCUT2D eigenvalue weighted by atomic mass is 16.3. The summed E-state index contributed by atoms with van der Waals surface area (Å²) >= 11 is 0. The molecule has 3 saturated carbocycles. The molecule has 2 N–H and O–H groups in total. The second-order valence-corrected chi connectivity index (χ2v) is 8.42. The minimum atomic E-state index is -0.138. The first-order valence-corrected chi connectivity index (χ1v) is 8.72. The summed E-state index contributed by atoms with van der Waals surface area (Å²) in [6, 6.07) is 0. The molecule has 6 atom stereocenters. The van der Waals surface area contributed by atoms with E-state index in [0.29, 0.717) is 11.8 Å². The van der Waals surface area contributed by atoms with Crippen LogP contribution in [-0.4, -0.2) is 22.4 Å². The van der Waals surface area contributed by atoms with Gasteiger partial charge in [-0.15, -0.1) is 0 Å². The summed E-state index contributed by atoms with van der Waals surface area (Å²) in [5.74, 6) is 1.22. The van der Waals surface area contributed by atoms with Crippen molar-refractivity contribution in [1.82, 2.24) is 0 Å². The van der Waals surface area contributed by atoms with E-state index in [1.165, 1.54) is 12.0 Å². The SMILES string of the molecule is C[C@]12CCC(O)CC1=CC=C1[C@H]2CC[C@]2(C)C(O)CC[C@@H]12. The monoisotopic (exact) mass is 288 g/mol. The van der Waals surface area contributed by atoms with Crippen LogP contribution in [0.2, 0.25) is 0 Å². The van der Waals surface area contributed by atoms with Crippen molar-refractivity contribution >= 4 is 0 Å². The molecular formula is C19H28O2. The average Bonchev–Trinajstić information content (AvgIpc) is 2.76. The lowest BCUT2D eigenvalue weighted by Crippen LogP contribution is -2.46. The van der Waals surface area contributed by atoms with Crippen molar-refractivity contribution in [3.63, 3.8) is 0 Å². The number of hydrogen-bond donors (Lipinski definition) is 2. The van der Waals surface area contributed by atoms with Crippen LogP contribution in [0.15, 0.2) is 23.3 Å². The predicted molar refractivity (Wildman–Crippen MR) is 83.7 cm³/mol. The third kappa shape index (κ3) is 1.78. The highest BCUT2D eigenvalue weighted by molar-refractivity contribution is 5.38. The van der Waals surface area contributed by atoms with Crippen LogP contribution in [0.25, 0.3) is 0 Å². The van der Waals surface area contributed by atoms with Crippen molar-refractivity contribution in [1.29, 1.82) is 0 Å². The molecule has 4 aliphatic carbocycles. The Morgan fingerprint density at radius 1 is 0.952 bits per heavy atom. The van der Waals surface area contributed by atoms with Gasteiger partial charge in [0.25, 0.3) is 0 Å². The Balaban J connectivity index is 1.74. The molecule has 0 aromatic heterocycles. The lowest BCUT2D eigenvalue weighted by Gasteiger charge is -2.54. The fourth-order valence-corrected chi connectivity index (χ4v) is 5.96. The maximum Gasteiger partial charge on any atom is 0.0599 e. The van der Waals surface area contributed by atoms with Gasteiger partial charge >= 0.3 is 0 Å². The lowest BCUT2D eigenvalue weighted by molar-refractivity contribution is 0.00143. The molecule has 2 nitrogen and oxygen atoms in total. The van der Waals surface area contributed by atoms with Gasteiger partial charge in [-0.1, -0.05) is 37.1 Å². The van der Waals surface area contributed by atoms with Gasteiger partial charge in [0, 0.05) is 5.41 Å². The largest absolute Gasteiger partial charge is 0.393 e. The van der Waals surface area contributed by atoms with Crippen LogP contribution in [0, 0.1) is 22.7 Å². The second-order valence-electron chi connectivity index (χ2n) is 8.42. The summed E-state index contributed by atoms with van der Waals surface area (Å²) < 4.78 is 0. The highest BCUT2D eigenvalue weighted by Gasteiger charge is 2.55. The number of hydrogen-bond acceptors (Lipinski definition) is 2. The molecule has 0 bridgehead atoms. The molecule has 0 radical (unpaired) electrons. The Kier molecular flexibility index (Phi) is 2.97. The van der Waals surface area contributed by atoms with Gasteiger partial charge < -0.3 is 10.2 Å². The smallest absolute Gasteiger partial charge is 0.0599 e. The van der Waals surface area contributed by atoms with E-state index in [1.54, 1.807) is 5.57 Å². The molecule has 0 aromatic rings. The standard InChI is InChI=1S/C19H28O2/c1-18-9-7-13(20)11-12(18)3-4-14-15-5-6-17(21)19(15,2)10-8-16(14)18/h3-4,13,15-17,20-21H,5-11H2,1-2H3/t13?,15-,16+,17?,18-,19-/m0/s1. The normalized spacial score (nSPS) is 52.4. The van der Waals surface area contributed by atoms with Crippen LogP contribution in [0.4, 0.5) is 0 Å². The van der Waals surface area contributed by atoms with Gasteiger partial charge in [-0.05, 0) is 62.2 Å². The van der Waals surface area contributed by atoms with Crippen LogP contribution < -0.4 is 0 Å². The van der Waals surface area contributed by atoms with Crippen LogP contribution in [0.1, 0.15) is 58.8 Å². The van der Waals surface area contributed by atoms with E-state index in [4.69, 9.17) is 0 Å². The third-order valence-electron chi connectivity index (χ3n) is 7.49. The van der Waals surface area contributed by atoms with Gasteiger partial charge in [0.2, 0.25) is 0 Å². The molecule has 2 heteroatoms. The fourth-order valence-electron chi connectivity index (χ4n) is 5.96. The quantitative estimate of drug-likeness (QED) is 0.715. The maximum atomic E-state index is 10.4. The summed E-state index contributed by atoms with van der Waals surface area (Å²) in [5.41, 5.74) is 3.45. The molecule has 0 spiro atoms. The molecule has 2 unspecified atom stereocenters. The zero-order chi connectivity index (χ0) is 14.8. The topological polar surface area (TPSA) is 40.5 Å². The first kappa shape index (κ1) is 14.0. The average molecular weight is 288 g/mol. The van der Waals surface area contributed by atoms with E-state index in [9.17, 15) is 10.2 Å². The molecule has 0 saturated heterocycles. The zero-order valence-corrected chi connectivity index (χ0v) is 13.3. The van der Waals surface area contributed by atoms with E-state index >= 15 is 0 Å². The van der Waals surface area contributed by atoms with Gasteiger partial charge in [-0.25, -0.2) is 0 Å². The van der Waals surface area contributed by atoms with Gasteiger partial charge in [0.1, 0.15) is 0 Å². The van der Waals surface area contributed by atoms with Crippen LogP contribution in [0.5, 0.6) is 0 Å². The van der Waals surface area contributed by atoms with Crippen molar-refractivity contribution in [2.45, 2.75) is 71.0 Å². The summed E-state index contributed by atoms with van der Waals surface area (Å²) in [7, 11) is 0. The Morgan fingerprint density at radius 2 is 1.76 bits per heavy atom. The Bertz CT molecular complexity index is 520. The molecule has 4 rings (SSSR count). The summed E-state index contributed by atoms with van der Waals surface area (Å²) in [4.78, 5) is 0. The van der Waals surface area contributed by atoms with E-state index < -0.39 is 0 Å². The minimum absolute atomic E-state index is 0.109. The van der Waals surface area contributed by atoms with Crippen LogP contribution in [0.3, 0.4) is 0 Å². The first-order valence-electron chi connectivity index (χ1n) is 8.72. The molecule has 21 heavy (non-hydrogen) atoms. The van der Waals surface area contributed by atoms with E-state index in [2.05, 4.69) is 26.0 Å². The fraction of sp³-hybridized carbons (Fsp3) is 0.789. The predicted octanol–water partition coefficient (Wildman–Crippen LogP) is 3.59. The second kappa shape index (κ2) is 4.45. The van der Waals surface area contributed by atoms with Gasteiger partial charge in [0.05, 0.1) is 12.2 Å². The van der Waals surface area contributed by atoms with Crippen molar-refractivity contribution in [3.05, 3.63) is 23.3 Å². The summed E-state index contributed by atoms with van der Waals surface area (Å²) in [6.45, 7) is 4.73. The first-order chi connectivity index (χ1) is 9.95. The van der Waals surface area contributed by atoms with Gasteiger partial charge in [-0.2, -0.15) is 0 Å². The zero-order valence-electron chi connectivity index (χ0n) is 13.3. The number of allylic oxidation sites excluding steroid dienone is 3. The van der Waals surface area contributed by atoms with Crippen molar-refractivity contribution in [3.8, 4) is 0 Å². The lowest BCUT2D eigenvalue weighted by atomic mass is 9.51. The molecule has 0 aliphatic heterocycles.